The van der Waals surface area contributed by atoms with Crippen molar-refractivity contribution in [3.63, 3.8) is 0 Å². The predicted octanol–water partition coefficient (Wildman–Crippen LogP) is 2.52. The number of fused-ring (bicyclic) bond motifs is 2. The van der Waals surface area contributed by atoms with Gasteiger partial charge in [0, 0.05) is 46.4 Å². The number of ether oxygens (including phenoxy) is 2. The molecule has 1 aliphatic carbocycles. The number of aliphatic carboxylic acids is 4. The van der Waals surface area contributed by atoms with E-state index < -0.39 is 62.8 Å². The molecular formula is C34H34N2O15. The molecule has 0 bridgehead atoms. The van der Waals surface area contributed by atoms with E-state index in [2.05, 4.69) is 0 Å². The fourth-order valence-electron chi connectivity index (χ4n) is 5.50. The first-order valence-electron chi connectivity index (χ1n) is 15.2. The second-order valence-electron chi connectivity index (χ2n) is 11.6. The molecule has 17 heteroatoms. The zero-order valence-corrected chi connectivity index (χ0v) is 27.4. The van der Waals surface area contributed by atoms with Crippen LogP contribution in [0.4, 0.5) is 5.69 Å². The molecule has 2 aromatic carbocycles. The maximum absolute atomic E-state index is 12.9. The standard InChI is InChI=1S/C34H34N2O15/c1-17-5-22-27(9-25(17)37)51-28-10-26(38)18(2)6-23(28)33(22)20-7-19(15-50-16-49-4-3-35(11-29(39)40)12-30(41)42)24(8-21(20)34(47)48)36(13-31(43)44)14-32(45)46/h5-10,37H,3-4,11-16H2,1-2H3,(H,39,40)(H,41,42)(H,43,44)(H,45,46)(H,47,48). The molecule has 0 unspecified atom stereocenters. The first-order valence-corrected chi connectivity index (χ1v) is 15.2. The highest BCUT2D eigenvalue weighted by Gasteiger charge is 2.27. The van der Waals surface area contributed by atoms with Gasteiger partial charge in [0.1, 0.15) is 37.0 Å². The highest BCUT2D eigenvalue weighted by molar-refractivity contribution is 6.08. The number of benzene rings is 3. The Hall–Kier alpha value is -6.04. The molecule has 0 radical (unpaired) electrons. The topological polar surface area (TPSA) is 262 Å². The molecule has 0 amide bonds. The lowest BCUT2D eigenvalue weighted by atomic mass is 9.88. The van der Waals surface area contributed by atoms with E-state index in [0.29, 0.717) is 27.6 Å². The van der Waals surface area contributed by atoms with Crippen LogP contribution in [0.1, 0.15) is 27.0 Å². The maximum atomic E-state index is 12.9. The zero-order valence-electron chi connectivity index (χ0n) is 27.4. The molecule has 1 heterocycles. The predicted molar refractivity (Wildman–Crippen MR) is 177 cm³/mol. The summed E-state index contributed by atoms with van der Waals surface area (Å²) < 4.78 is 17.0. The van der Waals surface area contributed by atoms with Crippen LogP contribution in [0.3, 0.4) is 0 Å². The third kappa shape index (κ3) is 9.35. The Morgan fingerprint density at radius 1 is 0.745 bits per heavy atom. The summed E-state index contributed by atoms with van der Waals surface area (Å²) in [4.78, 5) is 73.2. The lowest BCUT2D eigenvalue weighted by molar-refractivity contribution is -0.143. The quantitative estimate of drug-likeness (QED) is 0.0492. The molecule has 2 aromatic rings. The van der Waals surface area contributed by atoms with Crippen molar-refractivity contribution in [2.24, 2.45) is 0 Å². The summed E-state index contributed by atoms with van der Waals surface area (Å²) in [5, 5.41) is 58.5. The van der Waals surface area contributed by atoms with Gasteiger partial charge in [0.25, 0.3) is 0 Å². The summed E-state index contributed by atoms with van der Waals surface area (Å²) in [6.07, 6.45) is 0. The first-order chi connectivity index (χ1) is 24.0. The van der Waals surface area contributed by atoms with Crippen LogP contribution in [0, 0.1) is 13.8 Å². The lowest BCUT2D eigenvalue weighted by Crippen LogP contribution is -2.37. The van der Waals surface area contributed by atoms with Crippen LogP contribution in [0.15, 0.2) is 45.6 Å². The highest BCUT2D eigenvalue weighted by Crippen LogP contribution is 2.44. The number of nitrogens with zero attached hydrogens (tertiary/aromatic N) is 2. The van der Waals surface area contributed by atoms with Crippen molar-refractivity contribution in [3.8, 4) is 28.2 Å². The number of rotatable bonds is 18. The van der Waals surface area contributed by atoms with Crippen molar-refractivity contribution in [1.82, 2.24) is 4.90 Å². The number of carbonyl (C=O) groups is 5. The molecule has 17 nitrogen and oxygen atoms in total. The molecule has 0 spiro atoms. The normalized spacial score (nSPS) is 11.3. The smallest absolute Gasteiger partial charge is 0.336 e. The van der Waals surface area contributed by atoms with Gasteiger partial charge in [-0.1, -0.05) is 0 Å². The molecule has 2 aliphatic rings. The molecule has 51 heavy (non-hydrogen) atoms. The van der Waals surface area contributed by atoms with Gasteiger partial charge in [-0.25, -0.2) is 4.79 Å². The lowest BCUT2D eigenvalue weighted by Gasteiger charge is -2.26. The minimum absolute atomic E-state index is 0.0725. The van der Waals surface area contributed by atoms with E-state index in [1.54, 1.807) is 19.9 Å². The van der Waals surface area contributed by atoms with E-state index >= 15 is 0 Å². The van der Waals surface area contributed by atoms with Crippen LogP contribution in [0.2, 0.25) is 0 Å². The Balaban J connectivity index is 1.85. The number of carboxylic acid groups (broad SMARTS) is 5. The number of aromatic hydroxyl groups is 1. The number of carboxylic acids is 5. The summed E-state index contributed by atoms with van der Waals surface area (Å²) in [7, 11) is 0. The van der Waals surface area contributed by atoms with Crippen LogP contribution < -0.4 is 10.3 Å². The van der Waals surface area contributed by atoms with Crippen LogP contribution in [0.5, 0.6) is 5.75 Å². The number of phenols is 1. The fourth-order valence-corrected chi connectivity index (χ4v) is 5.50. The van der Waals surface area contributed by atoms with Crippen molar-refractivity contribution >= 4 is 46.5 Å². The van der Waals surface area contributed by atoms with Gasteiger partial charge in [-0.2, -0.15) is 0 Å². The van der Waals surface area contributed by atoms with Gasteiger partial charge in [0.05, 0.1) is 31.9 Å². The minimum atomic E-state index is -1.45. The van der Waals surface area contributed by atoms with Gasteiger partial charge in [0.15, 0.2) is 5.43 Å². The number of phenolic OH excluding ortho intramolecular Hbond substituents is 1. The molecule has 6 N–H and O–H groups in total. The Morgan fingerprint density at radius 3 is 1.96 bits per heavy atom. The van der Waals surface area contributed by atoms with Crippen LogP contribution in [-0.4, -0.2) is 112 Å². The number of hydrogen-bond acceptors (Lipinski definition) is 12. The summed E-state index contributed by atoms with van der Waals surface area (Å²) >= 11 is 0. The summed E-state index contributed by atoms with van der Waals surface area (Å²) in [6.45, 7) is -0.574. The van der Waals surface area contributed by atoms with Crippen molar-refractivity contribution in [2.75, 3.05) is 51.0 Å². The Labute approximate surface area is 288 Å². The van der Waals surface area contributed by atoms with E-state index in [0.717, 1.165) is 15.9 Å². The molecule has 0 fully saturated rings. The van der Waals surface area contributed by atoms with Crippen LogP contribution in [-0.2, 0) is 35.3 Å². The molecule has 0 atom stereocenters. The maximum Gasteiger partial charge on any atom is 0.336 e. The third-order valence-electron chi connectivity index (χ3n) is 7.74. The van der Waals surface area contributed by atoms with Crippen LogP contribution in [0.25, 0.3) is 33.4 Å². The second kappa shape index (κ2) is 16.1. The Morgan fingerprint density at radius 2 is 1.37 bits per heavy atom. The summed E-state index contributed by atoms with van der Waals surface area (Å²) in [5.41, 5.74) is 0.914. The molecule has 270 valence electrons. The number of anilines is 1. The van der Waals surface area contributed by atoms with Crippen molar-refractivity contribution in [1.29, 1.82) is 0 Å². The number of aromatic carboxylic acids is 1. The molecule has 4 rings (SSSR count). The largest absolute Gasteiger partial charge is 0.508 e. The average Bonchev–Trinajstić information content (AvgIpc) is 3.01. The van der Waals surface area contributed by atoms with E-state index in [9.17, 15) is 49.2 Å². The van der Waals surface area contributed by atoms with Gasteiger partial charge in [-0.15, -0.1) is 0 Å². The van der Waals surface area contributed by atoms with Gasteiger partial charge in [-0.3, -0.25) is 28.9 Å². The van der Waals surface area contributed by atoms with Crippen LogP contribution >= 0.6 is 0 Å². The monoisotopic (exact) mass is 710 g/mol. The fraction of sp³-hybridized carbons (Fsp3) is 0.294. The SMILES string of the molecule is Cc1cc2c(-c3cc(COCOCCN(CC(=O)O)CC(=O)O)c(N(CC(=O)O)CC(=O)O)cc3C(=O)O)c3cc(C)c(=O)cc-3oc2cc1O. The first kappa shape index (κ1) is 37.8. The van der Waals surface area contributed by atoms with E-state index in [1.807, 2.05) is 0 Å². The molecule has 0 saturated heterocycles. The second-order valence-corrected chi connectivity index (χ2v) is 11.6. The zero-order chi connectivity index (χ0) is 37.6. The number of aryl methyl sites for hydroxylation is 2. The minimum Gasteiger partial charge on any atom is -0.508 e. The van der Waals surface area contributed by atoms with Gasteiger partial charge >= 0.3 is 29.8 Å². The van der Waals surface area contributed by atoms with Crippen molar-refractivity contribution < 1.29 is 68.5 Å². The van der Waals surface area contributed by atoms with E-state index in [-0.39, 0.29) is 64.7 Å². The molecular weight excluding hydrogens is 676 g/mol. The molecule has 1 aliphatic heterocycles. The average molecular weight is 711 g/mol. The summed E-state index contributed by atoms with van der Waals surface area (Å²) in [6, 6.07) is 8.18. The molecule has 0 saturated carbocycles. The Bertz CT molecular complexity index is 2000. The molecule has 0 aromatic heterocycles. The van der Waals surface area contributed by atoms with E-state index in [4.69, 9.17) is 24.1 Å². The van der Waals surface area contributed by atoms with Gasteiger partial charge in [0.2, 0.25) is 0 Å². The van der Waals surface area contributed by atoms with Crippen molar-refractivity contribution in [2.45, 2.75) is 20.5 Å². The number of hydrogen-bond donors (Lipinski definition) is 6. The summed E-state index contributed by atoms with van der Waals surface area (Å²) in [5.74, 6) is -6.77. The van der Waals surface area contributed by atoms with Crippen molar-refractivity contribution in [3.05, 3.63) is 68.9 Å². The highest BCUT2D eigenvalue weighted by atomic mass is 16.7. The third-order valence-corrected chi connectivity index (χ3v) is 7.74. The van der Waals surface area contributed by atoms with Gasteiger partial charge in [-0.05, 0) is 54.8 Å². The van der Waals surface area contributed by atoms with Gasteiger partial charge < -0.3 is 49.4 Å². The van der Waals surface area contributed by atoms with E-state index in [1.165, 1.54) is 24.3 Å². The Kier molecular flexibility index (Phi) is 11.9.